The summed E-state index contributed by atoms with van der Waals surface area (Å²) in [5, 5.41) is 3.21. The molecule has 19 heavy (non-hydrogen) atoms. The highest BCUT2D eigenvalue weighted by atomic mass is 32.1. The molecule has 2 rings (SSSR count). The van der Waals surface area contributed by atoms with E-state index in [1.807, 2.05) is 6.92 Å². The Hall–Kier alpha value is -0.450. The molecule has 4 heteroatoms. The van der Waals surface area contributed by atoms with Gasteiger partial charge in [0.05, 0.1) is 11.7 Å². The minimum Gasteiger partial charge on any atom is -0.322 e. The third-order valence-corrected chi connectivity index (χ3v) is 5.48. The van der Waals surface area contributed by atoms with Gasteiger partial charge in [0.15, 0.2) is 0 Å². The Morgan fingerprint density at radius 2 is 2.11 bits per heavy atom. The Balaban J connectivity index is 1.85. The van der Waals surface area contributed by atoms with Crippen molar-refractivity contribution in [2.75, 3.05) is 7.05 Å². The largest absolute Gasteiger partial charge is 0.322 e. The first-order valence-electron chi connectivity index (χ1n) is 7.50. The molecule has 3 nitrogen and oxygen atoms in total. The van der Waals surface area contributed by atoms with E-state index in [2.05, 4.69) is 29.2 Å². The van der Waals surface area contributed by atoms with E-state index in [4.69, 9.17) is 5.73 Å². The van der Waals surface area contributed by atoms with E-state index in [1.165, 1.54) is 37.8 Å². The minimum atomic E-state index is 0.0593. The van der Waals surface area contributed by atoms with Gasteiger partial charge >= 0.3 is 0 Å². The molecule has 0 spiro atoms. The van der Waals surface area contributed by atoms with Gasteiger partial charge in [-0.15, -0.1) is 11.3 Å². The number of aromatic nitrogens is 1. The van der Waals surface area contributed by atoms with Gasteiger partial charge in [-0.3, -0.25) is 4.90 Å². The predicted octanol–water partition coefficient (Wildman–Crippen LogP) is 3.56. The average molecular weight is 281 g/mol. The number of hydrogen-bond acceptors (Lipinski definition) is 4. The second kappa shape index (κ2) is 6.82. The van der Waals surface area contributed by atoms with Gasteiger partial charge in [0.25, 0.3) is 0 Å². The number of nitrogens with two attached hydrogens (primary N) is 1. The summed E-state index contributed by atoms with van der Waals surface area (Å²) in [6, 6.07) is 0.798. The average Bonchev–Trinajstić information content (AvgIpc) is 2.87. The molecule has 0 amide bonds. The van der Waals surface area contributed by atoms with Crippen LogP contribution in [0.3, 0.4) is 0 Å². The molecule has 1 saturated carbocycles. The molecule has 1 aliphatic rings. The van der Waals surface area contributed by atoms with E-state index >= 15 is 0 Å². The Bertz CT molecular complexity index is 380. The van der Waals surface area contributed by atoms with Crippen LogP contribution < -0.4 is 5.73 Å². The Kier molecular flexibility index (Phi) is 5.37. The molecular formula is C15H27N3S. The lowest BCUT2D eigenvalue weighted by molar-refractivity contribution is 0.156. The summed E-state index contributed by atoms with van der Waals surface area (Å²) in [5.74, 6) is 0.966. The Labute approximate surface area is 121 Å². The van der Waals surface area contributed by atoms with Gasteiger partial charge in [-0.1, -0.05) is 13.3 Å². The lowest BCUT2D eigenvalue weighted by Gasteiger charge is -2.34. The molecule has 108 valence electrons. The summed E-state index contributed by atoms with van der Waals surface area (Å²) in [6.45, 7) is 5.28. The van der Waals surface area contributed by atoms with Crippen molar-refractivity contribution >= 4 is 11.3 Å². The predicted molar refractivity (Wildman–Crippen MR) is 82.2 cm³/mol. The van der Waals surface area contributed by atoms with Gasteiger partial charge in [-0.25, -0.2) is 4.98 Å². The van der Waals surface area contributed by atoms with Crippen LogP contribution in [0.15, 0.2) is 5.38 Å². The third-order valence-electron chi connectivity index (χ3n) is 4.39. The topological polar surface area (TPSA) is 42.1 Å². The van der Waals surface area contributed by atoms with E-state index in [1.54, 1.807) is 11.3 Å². The normalized spacial score (nSPS) is 25.7. The fourth-order valence-corrected chi connectivity index (χ4v) is 3.75. The molecule has 1 heterocycles. The van der Waals surface area contributed by atoms with Gasteiger partial charge in [0.1, 0.15) is 5.01 Å². The lowest BCUT2D eigenvalue weighted by atomic mass is 9.84. The lowest BCUT2D eigenvalue weighted by Crippen LogP contribution is -2.34. The van der Waals surface area contributed by atoms with Gasteiger partial charge < -0.3 is 5.73 Å². The van der Waals surface area contributed by atoms with Gasteiger partial charge in [0, 0.05) is 18.0 Å². The van der Waals surface area contributed by atoms with E-state index in [9.17, 15) is 0 Å². The van der Waals surface area contributed by atoms with Crippen molar-refractivity contribution in [3.05, 3.63) is 16.1 Å². The van der Waals surface area contributed by atoms with Gasteiger partial charge in [-0.05, 0) is 45.6 Å². The number of rotatable bonds is 5. The van der Waals surface area contributed by atoms with Crippen LogP contribution in [0.4, 0.5) is 0 Å². The highest BCUT2D eigenvalue weighted by Gasteiger charge is 2.23. The van der Waals surface area contributed by atoms with Crippen LogP contribution in [-0.2, 0) is 6.54 Å². The van der Waals surface area contributed by atoms with Crippen molar-refractivity contribution in [2.45, 2.75) is 64.6 Å². The van der Waals surface area contributed by atoms with Crippen LogP contribution in [0.2, 0.25) is 0 Å². The molecular weight excluding hydrogens is 254 g/mol. The standard InChI is InChI=1S/C15H27N3S/c1-4-12-5-7-14(8-6-12)18(3)9-13-10-19-15(17-13)11(2)16/h10-12,14H,4-9,16H2,1-3H3. The second-order valence-corrected chi connectivity index (χ2v) is 6.85. The maximum absolute atomic E-state index is 5.87. The quantitative estimate of drug-likeness (QED) is 0.897. The van der Waals surface area contributed by atoms with Crippen molar-refractivity contribution in [1.82, 2.24) is 9.88 Å². The van der Waals surface area contributed by atoms with Crippen molar-refractivity contribution in [3.63, 3.8) is 0 Å². The molecule has 0 bridgehead atoms. The van der Waals surface area contributed by atoms with Crippen LogP contribution >= 0.6 is 11.3 Å². The molecule has 1 aliphatic carbocycles. The second-order valence-electron chi connectivity index (χ2n) is 5.96. The first kappa shape index (κ1) is 14.9. The molecule has 1 aromatic heterocycles. The first-order chi connectivity index (χ1) is 9.10. The highest BCUT2D eigenvalue weighted by molar-refractivity contribution is 7.09. The van der Waals surface area contributed by atoms with Gasteiger partial charge in [0.2, 0.25) is 0 Å². The molecule has 0 radical (unpaired) electrons. The van der Waals surface area contributed by atoms with Crippen LogP contribution in [0, 0.1) is 5.92 Å². The number of thiazole rings is 1. The van der Waals surface area contributed by atoms with Crippen molar-refractivity contribution < 1.29 is 0 Å². The van der Waals surface area contributed by atoms with Crippen molar-refractivity contribution in [2.24, 2.45) is 11.7 Å². The summed E-state index contributed by atoms with van der Waals surface area (Å²) < 4.78 is 0. The molecule has 1 unspecified atom stereocenters. The van der Waals surface area contributed by atoms with Crippen LogP contribution in [0.25, 0.3) is 0 Å². The zero-order chi connectivity index (χ0) is 13.8. The zero-order valence-electron chi connectivity index (χ0n) is 12.4. The van der Waals surface area contributed by atoms with E-state index < -0.39 is 0 Å². The zero-order valence-corrected chi connectivity index (χ0v) is 13.2. The fraction of sp³-hybridized carbons (Fsp3) is 0.800. The van der Waals surface area contributed by atoms with Crippen LogP contribution in [-0.4, -0.2) is 23.0 Å². The molecule has 1 aromatic rings. The SMILES string of the molecule is CCC1CCC(N(C)Cc2csc(C(C)N)n2)CC1. The third kappa shape index (κ3) is 4.01. The summed E-state index contributed by atoms with van der Waals surface area (Å²) in [4.78, 5) is 7.11. The van der Waals surface area contributed by atoms with Crippen molar-refractivity contribution in [3.8, 4) is 0 Å². The number of nitrogens with zero attached hydrogens (tertiary/aromatic N) is 2. The van der Waals surface area contributed by atoms with E-state index in [0.717, 1.165) is 23.5 Å². The summed E-state index contributed by atoms with van der Waals surface area (Å²) in [6.07, 6.45) is 6.83. The maximum atomic E-state index is 5.87. The molecule has 2 N–H and O–H groups in total. The van der Waals surface area contributed by atoms with Crippen LogP contribution in [0.1, 0.15) is 62.7 Å². The monoisotopic (exact) mass is 281 g/mol. The van der Waals surface area contributed by atoms with E-state index in [0.29, 0.717) is 0 Å². The Morgan fingerprint density at radius 1 is 1.42 bits per heavy atom. The molecule has 0 aliphatic heterocycles. The summed E-state index contributed by atoms with van der Waals surface area (Å²) >= 11 is 1.69. The molecule has 1 fully saturated rings. The van der Waals surface area contributed by atoms with Crippen molar-refractivity contribution in [1.29, 1.82) is 0 Å². The smallest absolute Gasteiger partial charge is 0.109 e. The van der Waals surface area contributed by atoms with Gasteiger partial charge in [-0.2, -0.15) is 0 Å². The Morgan fingerprint density at radius 3 is 2.63 bits per heavy atom. The molecule has 0 aromatic carbocycles. The maximum Gasteiger partial charge on any atom is 0.109 e. The fourth-order valence-electron chi connectivity index (χ4n) is 2.98. The summed E-state index contributed by atoms with van der Waals surface area (Å²) in [7, 11) is 2.24. The highest BCUT2D eigenvalue weighted by Crippen LogP contribution is 2.29. The first-order valence-corrected chi connectivity index (χ1v) is 8.38. The molecule has 0 saturated heterocycles. The molecule has 1 atom stereocenters. The number of hydrogen-bond donors (Lipinski definition) is 1. The summed E-state index contributed by atoms with van der Waals surface area (Å²) in [5.41, 5.74) is 7.04. The minimum absolute atomic E-state index is 0.0593. The van der Waals surface area contributed by atoms with E-state index in [-0.39, 0.29) is 6.04 Å². The van der Waals surface area contributed by atoms with Crippen LogP contribution in [0.5, 0.6) is 0 Å².